The van der Waals surface area contributed by atoms with Gasteiger partial charge < -0.3 is 14.8 Å². The lowest BCUT2D eigenvalue weighted by atomic mass is 9.82. The first-order valence-electron chi connectivity index (χ1n) is 14.3. The zero-order valence-corrected chi connectivity index (χ0v) is 25.7. The number of fused-ring (bicyclic) bond motifs is 2. The average Bonchev–Trinajstić information content (AvgIpc) is 3.46. The number of aromatic nitrogens is 2. The molecule has 11 heteroatoms. The molecule has 2 amide bonds. The normalized spacial score (nSPS) is 19.1. The van der Waals surface area contributed by atoms with E-state index in [9.17, 15) is 14.4 Å². The van der Waals surface area contributed by atoms with Crippen LogP contribution in [0.15, 0.2) is 24.4 Å². The highest BCUT2D eigenvalue weighted by atomic mass is 32.1. The molecule has 0 aromatic carbocycles. The molecule has 1 aliphatic heterocycles. The fraction of sp³-hybridized carbons (Fsp3) is 0.516. The maximum Gasteiger partial charge on any atom is 0.417 e. The number of hydrogen-bond acceptors (Lipinski definition) is 9. The van der Waals surface area contributed by atoms with Crippen LogP contribution >= 0.6 is 11.3 Å². The van der Waals surface area contributed by atoms with E-state index in [0.29, 0.717) is 4.88 Å². The molecule has 0 radical (unpaired) electrons. The Morgan fingerprint density at radius 3 is 2.52 bits per heavy atom. The molecule has 0 spiro atoms. The van der Waals surface area contributed by atoms with Crippen LogP contribution in [0.3, 0.4) is 0 Å². The predicted molar refractivity (Wildman–Crippen MR) is 159 cm³/mol. The van der Waals surface area contributed by atoms with Crippen molar-refractivity contribution in [3.63, 3.8) is 0 Å². The van der Waals surface area contributed by atoms with Crippen molar-refractivity contribution in [2.45, 2.75) is 97.4 Å². The van der Waals surface area contributed by atoms with E-state index in [2.05, 4.69) is 15.3 Å². The number of amides is 2. The molecule has 9 nitrogen and oxygen atoms in total. The summed E-state index contributed by atoms with van der Waals surface area (Å²) >= 11 is 1.34. The number of thiophene rings is 1. The maximum absolute atomic E-state index is 16.2. The van der Waals surface area contributed by atoms with Crippen LogP contribution in [0.5, 0.6) is 0 Å². The second-order valence-electron chi connectivity index (χ2n) is 12.9. The minimum Gasteiger partial charge on any atom is -0.460 e. The quantitative estimate of drug-likeness (QED) is 0.311. The topological polar surface area (TPSA) is 111 Å². The van der Waals surface area contributed by atoms with E-state index in [-0.39, 0.29) is 53.5 Å². The zero-order chi connectivity index (χ0) is 30.4. The maximum atomic E-state index is 16.2. The Labute approximate surface area is 248 Å². The molecule has 1 saturated carbocycles. The second-order valence-corrected chi connectivity index (χ2v) is 14.0. The highest BCUT2D eigenvalue weighted by molar-refractivity contribution is 7.21. The Hall–Kier alpha value is -3.60. The molecule has 4 heterocycles. The van der Waals surface area contributed by atoms with Gasteiger partial charge in [-0.2, -0.15) is 0 Å². The van der Waals surface area contributed by atoms with E-state index >= 15 is 4.39 Å². The fourth-order valence-electron chi connectivity index (χ4n) is 5.50. The third-order valence-corrected chi connectivity index (χ3v) is 8.30. The molecular formula is C31H37FN4O5S. The fourth-order valence-corrected chi connectivity index (χ4v) is 6.50. The lowest BCUT2D eigenvalue weighted by molar-refractivity contribution is -0.156. The zero-order valence-electron chi connectivity index (χ0n) is 24.9. The third-order valence-electron chi connectivity index (χ3n) is 7.23. The third kappa shape index (κ3) is 6.40. The van der Waals surface area contributed by atoms with Crippen molar-refractivity contribution in [1.29, 1.82) is 0 Å². The number of carbonyl (C=O) groups excluding carboxylic acids is 3. The van der Waals surface area contributed by atoms with Gasteiger partial charge in [0.15, 0.2) is 11.6 Å². The Balaban J connectivity index is 1.53. The molecule has 2 atom stereocenters. The Kier molecular flexibility index (Phi) is 8.00. The first-order valence-corrected chi connectivity index (χ1v) is 15.1. The van der Waals surface area contributed by atoms with Crippen molar-refractivity contribution in [1.82, 2.24) is 14.9 Å². The number of rotatable bonds is 5. The van der Waals surface area contributed by atoms with Gasteiger partial charge in [-0.25, -0.2) is 24.1 Å². The molecule has 0 bridgehead atoms. The Bertz CT molecular complexity index is 1510. The smallest absolute Gasteiger partial charge is 0.417 e. The molecule has 5 rings (SSSR count). The molecule has 1 fully saturated rings. The van der Waals surface area contributed by atoms with E-state index in [1.807, 2.05) is 39.0 Å². The lowest BCUT2D eigenvalue weighted by Gasteiger charge is -2.33. The van der Waals surface area contributed by atoms with E-state index in [0.717, 1.165) is 40.8 Å². The molecule has 224 valence electrons. The Morgan fingerprint density at radius 1 is 1.12 bits per heavy atom. The lowest BCUT2D eigenvalue weighted by Crippen LogP contribution is -2.37. The molecule has 2 aliphatic rings. The molecule has 0 unspecified atom stereocenters. The van der Waals surface area contributed by atoms with Crippen molar-refractivity contribution in [2.24, 2.45) is 5.92 Å². The number of nitrogens with zero attached hydrogens (tertiary/aromatic N) is 3. The number of pyridine rings is 2. The van der Waals surface area contributed by atoms with E-state index in [4.69, 9.17) is 9.47 Å². The molecule has 3 aromatic heterocycles. The molecule has 0 saturated heterocycles. The van der Waals surface area contributed by atoms with Gasteiger partial charge in [0.25, 0.3) is 5.91 Å². The number of nitrogens with one attached hydrogen (secondary N) is 1. The molecule has 1 aliphatic carbocycles. The summed E-state index contributed by atoms with van der Waals surface area (Å²) in [4.78, 5) is 50.6. The minimum absolute atomic E-state index is 0.00547. The monoisotopic (exact) mass is 596 g/mol. The van der Waals surface area contributed by atoms with Gasteiger partial charge in [0.05, 0.1) is 29.1 Å². The molecule has 1 N–H and O–H groups in total. The minimum atomic E-state index is -0.841. The standard InChI is InChI=1S/C31H37FN4O5S/c1-30(2,3)40-22(37)15-17-10-7-8-12-20(17)34-26-24(32)19-16-36(29(39)41-31(4,5)6)28(38)23(19)25(35-26)21-14-18-11-9-13-33-27(18)42-21/h9,11,13-14,17,20H,7-8,10,12,15-16H2,1-6H3,(H,34,35)/t17-,20-/m1/s1. The first-order chi connectivity index (χ1) is 19.7. The van der Waals surface area contributed by atoms with E-state index in [1.54, 1.807) is 27.0 Å². The summed E-state index contributed by atoms with van der Waals surface area (Å²) in [7, 11) is 0. The van der Waals surface area contributed by atoms with Crippen LogP contribution in [0.1, 0.15) is 89.6 Å². The number of anilines is 1. The van der Waals surface area contributed by atoms with Gasteiger partial charge in [0.2, 0.25) is 0 Å². The van der Waals surface area contributed by atoms with Gasteiger partial charge in [-0.3, -0.25) is 9.59 Å². The van der Waals surface area contributed by atoms with Gasteiger partial charge >= 0.3 is 12.1 Å². The molecular weight excluding hydrogens is 559 g/mol. The van der Waals surface area contributed by atoms with Crippen molar-refractivity contribution >= 4 is 45.3 Å². The number of halogens is 1. The number of ether oxygens (including phenoxy) is 2. The summed E-state index contributed by atoms with van der Waals surface area (Å²) in [6.45, 7) is 10.3. The highest BCUT2D eigenvalue weighted by Gasteiger charge is 2.41. The van der Waals surface area contributed by atoms with Crippen LogP contribution in [0.4, 0.5) is 15.0 Å². The highest BCUT2D eigenvalue weighted by Crippen LogP contribution is 2.41. The van der Waals surface area contributed by atoms with Crippen LogP contribution < -0.4 is 5.32 Å². The van der Waals surface area contributed by atoms with Crippen molar-refractivity contribution in [3.05, 3.63) is 41.3 Å². The van der Waals surface area contributed by atoms with Gasteiger partial charge in [-0.05, 0) is 72.4 Å². The van der Waals surface area contributed by atoms with Crippen LogP contribution in [-0.2, 0) is 20.8 Å². The SMILES string of the molecule is CC(C)(C)OC(=O)C[C@H]1CCCC[C@H]1Nc1nc(-c2cc3cccnc3s2)c2c(c1F)CN(C(=O)OC(C)(C)C)C2=O. The summed E-state index contributed by atoms with van der Waals surface area (Å²) in [5.74, 6) is -1.71. The van der Waals surface area contributed by atoms with E-state index < -0.39 is 29.0 Å². The summed E-state index contributed by atoms with van der Waals surface area (Å²) < 4.78 is 27.2. The summed E-state index contributed by atoms with van der Waals surface area (Å²) in [5, 5.41) is 4.15. The van der Waals surface area contributed by atoms with Crippen molar-refractivity contribution < 1.29 is 28.2 Å². The average molecular weight is 597 g/mol. The molecule has 3 aromatic rings. The second kappa shape index (κ2) is 11.2. The Morgan fingerprint density at radius 2 is 1.83 bits per heavy atom. The molecule has 42 heavy (non-hydrogen) atoms. The largest absolute Gasteiger partial charge is 0.460 e. The van der Waals surface area contributed by atoms with Crippen molar-refractivity contribution in [3.8, 4) is 10.6 Å². The van der Waals surface area contributed by atoms with Crippen LogP contribution in [0, 0.1) is 11.7 Å². The number of carbonyl (C=O) groups is 3. The predicted octanol–water partition coefficient (Wildman–Crippen LogP) is 7.09. The summed E-state index contributed by atoms with van der Waals surface area (Å²) in [6.07, 6.45) is 4.47. The number of imide groups is 1. The van der Waals surface area contributed by atoms with Gasteiger partial charge in [0, 0.05) is 23.2 Å². The summed E-state index contributed by atoms with van der Waals surface area (Å²) in [6, 6.07) is 5.37. The van der Waals surface area contributed by atoms with Crippen LogP contribution in [0.2, 0.25) is 0 Å². The van der Waals surface area contributed by atoms with Gasteiger partial charge in [0.1, 0.15) is 16.0 Å². The number of esters is 1. The van der Waals surface area contributed by atoms with Crippen LogP contribution in [0.25, 0.3) is 20.8 Å². The van der Waals surface area contributed by atoms with Gasteiger partial charge in [-0.1, -0.05) is 18.9 Å². The van der Waals surface area contributed by atoms with Crippen LogP contribution in [-0.4, -0.2) is 50.1 Å². The van der Waals surface area contributed by atoms with E-state index in [1.165, 1.54) is 11.3 Å². The van der Waals surface area contributed by atoms with Crippen molar-refractivity contribution in [2.75, 3.05) is 5.32 Å². The number of hydrogen-bond donors (Lipinski definition) is 1. The van der Waals surface area contributed by atoms with Gasteiger partial charge in [-0.15, -0.1) is 11.3 Å². The summed E-state index contributed by atoms with van der Waals surface area (Å²) in [5.41, 5.74) is -1.01. The first kappa shape index (κ1) is 29.9.